The molecule has 0 aliphatic carbocycles. The van der Waals surface area contributed by atoms with E-state index < -0.39 is 0 Å². The molecule has 4 rings (SSSR count). The summed E-state index contributed by atoms with van der Waals surface area (Å²) in [5, 5.41) is 5.00. The Balaban J connectivity index is 1.58. The summed E-state index contributed by atoms with van der Waals surface area (Å²) in [6, 6.07) is 16.9. The van der Waals surface area contributed by atoms with Crippen molar-refractivity contribution in [3.8, 4) is 0 Å². The Morgan fingerprint density at radius 3 is 2.72 bits per heavy atom. The van der Waals surface area contributed by atoms with E-state index in [1.54, 1.807) is 18.3 Å². The van der Waals surface area contributed by atoms with Crippen molar-refractivity contribution in [1.82, 2.24) is 14.9 Å². The summed E-state index contributed by atoms with van der Waals surface area (Å²) in [5.41, 5.74) is 7.45. The molecule has 2 aromatic carbocycles. The van der Waals surface area contributed by atoms with E-state index in [0.29, 0.717) is 18.2 Å². The lowest BCUT2D eigenvalue weighted by atomic mass is 10.1. The maximum Gasteiger partial charge on any atom is 0.173 e. The number of aromatic nitrogens is 2. The van der Waals surface area contributed by atoms with Crippen LogP contribution in [0.3, 0.4) is 0 Å². The average Bonchev–Trinajstić information content (AvgIpc) is 3.09. The van der Waals surface area contributed by atoms with Gasteiger partial charge in [-0.15, -0.1) is 0 Å². The van der Waals surface area contributed by atoms with Crippen LogP contribution in [0.25, 0.3) is 10.9 Å². The summed E-state index contributed by atoms with van der Waals surface area (Å²) in [4.78, 5) is 9.97. The minimum atomic E-state index is -0.227. The molecule has 0 bridgehead atoms. The standard InChI is InChI=1S/C26H27FN4S/c1-17-7-6-9-24(18(17)2)30-26(32)31(16-21-8-4-5-13-28-21)14-12-22-19(3)29-25-11-10-20(27)15-23(22)25/h4-11,13,15,29H,12,14,16H2,1-3H3,(H,30,32). The highest BCUT2D eigenvalue weighted by atomic mass is 32.1. The van der Waals surface area contributed by atoms with Crippen LogP contribution in [0.2, 0.25) is 0 Å². The van der Waals surface area contributed by atoms with Crippen molar-refractivity contribution in [2.75, 3.05) is 11.9 Å². The van der Waals surface area contributed by atoms with E-state index in [0.717, 1.165) is 40.0 Å². The van der Waals surface area contributed by atoms with Crippen LogP contribution in [-0.2, 0) is 13.0 Å². The summed E-state index contributed by atoms with van der Waals surface area (Å²) < 4.78 is 13.9. The van der Waals surface area contributed by atoms with Crippen molar-refractivity contribution in [3.05, 3.63) is 94.7 Å². The Bertz CT molecular complexity index is 1250. The van der Waals surface area contributed by atoms with Gasteiger partial charge < -0.3 is 15.2 Å². The molecule has 32 heavy (non-hydrogen) atoms. The topological polar surface area (TPSA) is 44.0 Å². The molecule has 0 fully saturated rings. The second-order valence-corrected chi connectivity index (χ2v) is 8.48. The second kappa shape index (κ2) is 9.49. The summed E-state index contributed by atoms with van der Waals surface area (Å²) in [5.74, 6) is -0.227. The van der Waals surface area contributed by atoms with Gasteiger partial charge in [0.2, 0.25) is 0 Å². The van der Waals surface area contributed by atoms with Crippen LogP contribution in [-0.4, -0.2) is 26.5 Å². The van der Waals surface area contributed by atoms with Crippen molar-refractivity contribution in [1.29, 1.82) is 0 Å². The van der Waals surface area contributed by atoms with Gasteiger partial charge in [0, 0.05) is 35.0 Å². The van der Waals surface area contributed by atoms with Gasteiger partial charge >= 0.3 is 0 Å². The van der Waals surface area contributed by atoms with Gasteiger partial charge in [-0.05, 0) is 92.5 Å². The van der Waals surface area contributed by atoms with Crippen LogP contribution in [0.5, 0.6) is 0 Å². The van der Waals surface area contributed by atoms with Crippen molar-refractivity contribution >= 4 is 33.9 Å². The van der Waals surface area contributed by atoms with E-state index in [2.05, 4.69) is 40.1 Å². The molecule has 0 unspecified atom stereocenters. The van der Waals surface area contributed by atoms with Crippen LogP contribution in [0.1, 0.15) is 28.1 Å². The fourth-order valence-electron chi connectivity index (χ4n) is 3.94. The molecule has 164 valence electrons. The van der Waals surface area contributed by atoms with E-state index in [1.807, 2.05) is 37.3 Å². The van der Waals surface area contributed by atoms with Crippen molar-refractivity contribution < 1.29 is 4.39 Å². The van der Waals surface area contributed by atoms with Gasteiger partial charge in [-0.2, -0.15) is 0 Å². The van der Waals surface area contributed by atoms with Crippen LogP contribution in [0.15, 0.2) is 60.8 Å². The van der Waals surface area contributed by atoms with Crippen LogP contribution in [0.4, 0.5) is 10.1 Å². The van der Waals surface area contributed by atoms with Gasteiger partial charge in [0.25, 0.3) is 0 Å². The fraction of sp³-hybridized carbons (Fsp3) is 0.231. The van der Waals surface area contributed by atoms with Crippen molar-refractivity contribution in [2.24, 2.45) is 0 Å². The number of benzene rings is 2. The molecule has 0 saturated heterocycles. The van der Waals surface area contributed by atoms with Gasteiger partial charge in [0.1, 0.15) is 5.82 Å². The number of anilines is 1. The molecule has 0 aliphatic heterocycles. The number of hydrogen-bond acceptors (Lipinski definition) is 2. The number of aryl methyl sites for hydroxylation is 2. The number of rotatable bonds is 6. The Hall–Kier alpha value is -3.25. The Labute approximate surface area is 193 Å². The highest BCUT2D eigenvalue weighted by Crippen LogP contribution is 2.24. The van der Waals surface area contributed by atoms with Crippen LogP contribution >= 0.6 is 12.2 Å². The number of hydrogen-bond donors (Lipinski definition) is 2. The molecular formula is C26H27FN4S. The lowest BCUT2D eigenvalue weighted by Gasteiger charge is -2.26. The lowest BCUT2D eigenvalue weighted by Crippen LogP contribution is -2.36. The summed E-state index contributed by atoms with van der Waals surface area (Å²) in [6.07, 6.45) is 2.53. The molecule has 0 atom stereocenters. The Morgan fingerprint density at radius 2 is 1.94 bits per heavy atom. The SMILES string of the molecule is Cc1cccc(NC(=S)N(CCc2c(C)[nH]c3ccc(F)cc23)Cc2ccccn2)c1C. The zero-order valence-electron chi connectivity index (χ0n) is 18.6. The molecule has 0 spiro atoms. The van der Waals surface area contributed by atoms with Gasteiger partial charge in [0.15, 0.2) is 5.11 Å². The Morgan fingerprint density at radius 1 is 1.09 bits per heavy atom. The van der Waals surface area contributed by atoms with Gasteiger partial charge in [-0.3, -0.25) is 4.98 Å². The number of nitrogens with zero attached hydrogens (tertiary/aromatic N) is 2. The van der Waals surface area contributed by atoms with Crippen molar-refractivity contribution in [2.45, 2.75) is 33.7 Å². The zero-order valence-corrected chi connectivity index (χ0v) is 19.4. The highest BCUT2D eigenvalue weighted by molar-refractivity contribution is 7.80. The maximum atomic E-state index is 13.9. The lowest BCUT2D eigenvalue weighted by molar-refractivity contribution is 0.417. The van der Waals surface area contributed by atoms with Crippen LogP contribution < -0.4 is 5.32 Å². The number of halogens is 1. The first-order valence-electron chi connectivity index (χ1n) is 10.7. The molecule has 0 radical (unpaired) electrons. The van der Waals surface area contributed by atoms with Crippen molar-refractivity contribution in [3.63, 3.8) is 0 Å². The number of nitrogens with one attached hydrogen (secondary N) is 2. The zero-order chi connectivity index (χ0) is 22.7. The first-order valence-corrected chi connectivity index (χ1v) is 11.1. The first kappa shape index (κ1) is 22.0. The molecule has 4 nitrogen and oxygen atoms in total. The molecule has 2 N–H and O–H groups in total. The number of fused-ring (bicyclic) bond motifs is 1. The Kier molecular flexibility index (Phi) is 6.51. The predicted molar refractivity (Wildman–Crippen MR) is 133 cm³/mol. The summed E-state index contributed by atoms with van der Waals surface area (Å²) >= 11 is 5.82. The molecule has 0 saturated carbocycles. The molecule has 0 amide bonds. The minimum absolute atomic E-state index is 0.227. The van der Waals surface area contributed by atoms with Gasteiger partial charge in [-0.25, -0.2) is 4.39 Å². The molecule has 6 heteroatoms. The fourth-order valence-corrected chi connectivity index (χ4v) is 4.21. The summed E-state index contributed by atoms with van der Waals surface area (Å²) in [6.45, 7) is 7.48. The predicted octanol–water partition coefficient (Wildman–Crippen LogP) is 6.07. The van der Waals surface area contributed by atoms with Gasteiger partial charge in [0.05, 0.1) is 12.2 Å². The number of thiocarbonyl (C=S) groups is 1. The third-order valence-electron chi connectivity index (χ3n) is 5.93. The second-order valence-electron chi connectivity index (χ2n) is 8.09. The number of H-pyrrole nitrogens is 1. The van der Waals surface area contributed by atoms with E-state index in [9.17, 15) is 4.39 Å². The quantitative estimate of drug-likeness (QED) is 0.353. The summed E-state index contributed by atoms with van der Waals surface area (Å²) in [7, 11) is 0. The average molecular weight is 447 g/mol. The van der Waals surface area contributed by atoms with Gasteiger partial charge in [-0.1, -0.05) is 18.2 Å². The normalized spacial score (nSPS) is 11.0. The molecule has 2 aromatic heterocycles. The van der Waals surface area contributed by atoms with E-state index in [1.165, 1.54) is 17.2 Å². The van der Waals surface area contributed by atoms with Crippen LogP contribution in [0, 0.1) is 26.6 Å². The van der Waals surface area contributed by atoms with E-state index in [-0.39, 0.29) is 5.82 Å². The highest BCUT2D eigenvalue weighted by Gasteiger charge is 2.16. The largest absolute Gasteiger partial charge is 0.358 e. The third-order valence-corrected chi connectivity index (χ3v) is 6.29. The molecule has 0 aliphatic rings. The molecular weight excluding hydrogens is 419 g/mol. The third kappa shape index (κ3) is 4.81. The maximum absolute atomic E-state index is 13.9. The monoisotopic (exact) mass is 446 g/mol. The number of aromatic amines is 1. The molecule has 4 aromatic rings. The molecule has 2 heterocycles. The smallest absolute Gasteiger partial charge is 0.173 e. The van der Waals surface area contributed by atoms with E-state index >= 15 is 0 Å². The number of pyridine rings is 1. The van der Waals surface area contributed by atoms with E-state index in [4.69, 9.17) is 12.2 Å². The minimum Gasteiger partial charge on any atom is -0.358 e. The first-order chi connectivity index (χ1) is 15.4.